The van der Waals surface area contributed by atoms with Gasteiger partial charge in [0.1, 0.15) is 11.6 Å². The number of imidazole rings is 2. The summed E-state index contributed by atoms with van der Waals surface area (Å²) in [5.41, 5.74) is 0. The molecule has 0 amide bonds. The van der Waals surface area contributed by atoms with E-state index in [0.29, 0.717) is 0 Å². The fourth-order valence-corrected chi connectivity index (χ4v) is 2.51. The van der Waals surface area contributed by atoms with Gasteiger partial charge >= 0.3 is 0 Å². The van der Waals surface area contributed by atoms with Crippen molar-refractivity contribution in [2.24, 2.45) is 7.05 Å². The van der Waals surface area contributed by atoms with Gasteiger partial charge in [0.15, 0.2) is 0 Å². The molecule has 0 aliphatic carbocycles. The quantitative estimate of drug-likeness (QED) is 0.709. The lowest BCUT2D eigenvalue weighted by Crippen LogP contribution is -2.06. The van der Waals surface area contributed by atoms with Crippen LogP contribution in [0.2, 0.25) is 0 Å². The van der Waals surface area contributed by atoms with Gasteiger partial charge in [-0.15, -0.1) is 11.3 Å². The Labute approximate surface area is 103 Å². The number of hydrogen-bond acceptors (Lipinski definition) is 3. The first-order valence-corrected chi connectivity index (χ1v) is 6.24. The average Bonchev–Trinajstić information content (AvgIpc) is 3.02. The Morgan fingerprint density at radius 2 is 2.12 bits per heavy atom. The normalized spacial score (nSPS) is 10.9. The Bertz CT molecular complexity index is 606. The van der Waals surface area contributed by atoms with Crippen LogP contribution in [0.25, 0.3) is 10.7 Å². The third-order valence-electron chi connectivity index (χ3n) is 2.69. The third kappa shape index (κ3) is 1.89. The van der Waals surface area contributed by atoms with Crippen LogP contribution >= 0.6 is 11.3 Å². The Kier molecular flexibility index (Phi) is 2.53. The maximum Gasteiger partial charge on any atom is 0.150 e. The van der Waals surface area contributed by atoms with E-state index in [9.17, 15) is 0 Å². The smallest absolute Gasteiger partial charge is 0.150 e. The lowest BCUT2D eigenvalue weighted by molar-refractivity contribution is 0.705. The minimum absolute atomic E-state index is 0.747. The van der Waals surface area contributed by atoms with Crippen LogP contribution in [0, 0.1) is 0 Å². The monoisotopic (exact) mass is 244 g/mol. The number of thiophene rings is 1. The Morgan fingerprint density at radius 3 is 2.82 bits per heavy atom. The summed E-state index contributed by atoms with van der Waals surface area (Å²) in [5.74, 6) is 2.03. The summed E-state index contributed by atoms with van der Waals surface area (Å²) in [4.78, 5) is 9.92. The maximum atomic E-state index is 4.41. The molecule has 3 heterocycles. The maximum absolute atomic E-state index is 4.41. The molecular weight excluding hydrogens is 232 g/mol. The largest absolute Gasteiger partial charge is 0.337 e. The van der Waals surface area contributed by atoms with Crippen molar-refractivity contribution >= 4 is 11.3 Å². The average molecular weight is 244 g/mol. The zero-order valence-electron chi connectivity index (χ0n) is 9.45. The van der Waals surface area contributed by atoms with Gasteiger partial charge in [-0.2, -0.15) is 0 Å². The molecule has 0 saturated carbocycles. The molecule has 0 unspecified atom stereocenters. The van der Waals surface area contributed by atoms with Crippen molar-refractivity contribution in [1.82, 2.24) is 19.1 Å². The standard InChI is InChI=1S/C12H12N4S/c1-15-6-4-13-11(15)9-16-7-5-14-12(16)10-3-2-8-17-10/h2-8H,9H2,1H3. The minimum Gasteiger partial charge on any atom is -0.337 e. The molecule has 3 aromatic rings. The van der Waals surface area contributed by atoms with Crippen LogP contribution in [0.3, 0.4) is 0 Å². The van der Waals surface area contributed by atoms with Crippen molar-refractivity contribution in [2.45, 2.75) is 6.54 Å². The molecule has 0 spiro atoms. The number of aromatic nitrogens is 4. The van der Waals surface area contributed by atoms with Gasteiger partial charge in [0.2, 0.25) is 0 Å². The Balaban J connectivity index is 1.95. The van der Waals surface area contributed by atoms with Gasteiger partial charge < -0.3 is 9.13 Å². The summed E-state index contributed by atoms with van der Waals surface area (Å²) < 4.78 is 4.15. The Hall–Kier alpha value is -1.88. The molecule has 86 valence electrons. The van der Waals surface area contributed by atoms with Crippen molar-refractivity contribution in [3.05, 3.63) is 48.1 Å². The summed E-state index contributed by atoms with van der Waals surface area (Å²) in [5, 5.41) is 2.06. The first-order valence-electron chi connectivity index (χ1n) is 5.36. The lowest BCUT2D eigenvalue weighted by atomic mass is 10.4. The summed E-state index contributed by atoms with van der Waals surface area (Å²) in [6.07, 6.45) is 7.59. The van der Waals surface area contributed by atoms with Crippen LogP contribution in [0.15, 0.2) is 42.3 Å². The molecule has 3 aromatic heterocycles. The van der Waals surface area contributed by atoms with Gasteiger partial charge in [-0.05, 0) is 11.4 Å². The summed E-state index contributed by atoms with van der Waals surface area (Å²) >= 11 is 1.70. The molecule has 0 bridgehead atoms. The van der Waals surface area contributed by atoms with Gasteiger partial charge in [-0.3, -0.25) is 0 Å². The van der Waals surface area contributed by atoms with Crippen molar-refractivity contribution in [3.8, 4) is 10.7 Å². The molecule has 17 heavy (non-hydrogen) atoms. The van der Waals surface area contributed by atoms with E-state index < -0.39 is 0 Å². The zero-order valence-corrected chi connectivity index (χ0v) is 10.3. The number of nitrogens with zero attached hydrogens (tertiary/aromatic N) is 4. The lowest BCUT2D eigenvalue weighted by Gasteiger charge is -2.06. The highest BCUT2D eigenvalue weighted by atomic mass is 32.1. The van der Waals surface area contributed by atoms with Gasteiger partial charge in [-0.25, -0.2) is 9.97 Å². The van der Waals surface area contributed by atoms with Crippen LogP contribution in [0.1, 0.15) is 5.82 Å². The van der Waals surface area contributed by atoms with Crippen LogP contribution in [-0.4, -0.2) is 19.1 Å². The number of rotatable bonds is 3. The summed E-state index contributed by atoms with van der Waals surface area (Å²) in [6.45, 7) is 0.747. The van der Waals surface area contributed by atoms with Crippen LogP contribution in [-0.2, 0) is 13.6 Å². The highest BCUT2D eigenvalue weighted by molar-refractivity contribution is 7.13. The first-order chi connectivity index (χ1) is 8.34. The topological polar surface area (TPSA) is 35.6 Å². The van der Waals surface area contributed by atoms with Gasteiger partial charge in [0.25, 0.3) is 0 Å². The number of aryl methyl sites for hydroxylation is 1. The molecule has 0 atom stereocenters. The van der Waals surface area contributed by atoms with Gasteiger partial charge in [0, 0.05) is 31.8 Å². The van der Waals surface area contributed by atoms with E-state index in [1.165, 1.54) is 4.88 Å². The van der Waals surface area contributed by atoms with Gasteiger partial charge in [0.05, 0.1) is 11.4 Å². The molecule has 4 nitrogen and oxygen atoms in total. The van der Waals surface area contributed by atoms with Crippen molar-refractivity contribution in [3.63, 3.8) is 0 Å². The molecule has 0 N–H and O–H groups in total. The van der Waals surface area contributed by atoms with E-state index in [4.69, 9.17) is 0 Å². The zero-order chi connectivity index (χ0) is 11.7. The summed E-state index contributed by atoms with van der Waals surface area (Å²) in [6, 6.07) is 4.13. The molecule has 3 rings (SSSR count). The van der Waals surface area contributed by atoms with Crippen LogP contribution < -0.4 is 0 Å². The molecule has 0 radical (unpaired) electrons. The Morgan fingerprint density at radius 1 is 1.24 bits per heavy atom. The fraction of sp³-hybridized carbons (Fsp3) is 0.167. The van der Waals surface area contributed by atoms with E-state index in [2.05, 4.69) is 26.0 Å². The SMILES string of the molecule is Cn1ccnc1Cn1ccnc1-c1cccs1. The second-order valence-electron chi connectivity index (χ2n) is 3.81. The van der Waals surface area contributed by atoms with E-state index in [1.807, 2.05) is 42.5 Å². The van der Waals surface area contributed by atoms with E-state index >= 15 is 0 Å². The van der Waals surface area contributed by atoms with Gasteiger partial charge in [-0.1, -0.05) is 6.07 Å². The van der Waals surface area contributed by atoms with Crippen LogP contribution in [0.5, 0.6) is 0 Å². The van der Waals surface area contributed by atoms with Crippen molar-refractivity contribution in [2.75, 3.05) is 0 Å². The van der Waals surface area contributed by atoms with E-state index in [1.54, 1.807) is 11.3 Å². The minimum atomic E-state index is 0.747. The molecule has 0 saturated heterocycles. The summed E-state index contributed by atoms with van der Waals surface area (Å²) in [7, 11) is 2.00. The first kappa shape index (κ1) is 10.3. The van der Waals surface area contributed by atoms with Crippen molar-refractivity contribution < 1.29 is 0 Å². The second kappa shape index (κ2) is 4.18. The molecule has 0 aromatic carbocycles. The van der Waals surface area contributed by atoms with E-state index in [0.717, 1.165) is 18.2 Å². The predicted molar refractivity (Wildman–Crippen MR) is 67.9 cm³/mol. The molecule has 0 aliphatic rings. The predicted octanol–water partition coefficient (Wildman–Crippen LogP) is 2.39. The fourth-order valence-electron chi connectivity index (χ4n) is 1.77. The highest BCUT2D eigenvalue weighted by Crippen LogP contribution is 2.23. The molecule has 5 heteroatoms. The molecule has 0 aliphatic heterocycles. The third-order valence-corrected chi connectivity index (χ3v) is 3.56. The molecular formula is C12H12N4S. The van der Waals surface area contributed by atoms with E-state index in [-0.39, 0.29) is 0 Å². The molecule has 0 fully saturated rings. The second-order valence-corrected chi connectivity index (χ2v) is 4.76. The van der Waals surface area contributed by atoms with Crippen LogP contribution in [0.4, 0.5) is 0 Å². The number of hydrogen-bond donors (Lipinski definition) is 0. The van der Waals surface area contributed by atoms with Crippen molar-refractivity contribution in [1.29, 1.82) is 0 Å². The highest BCUT2D eigenvalue weighted by Gasteiger charge is 2.08.